The van der Waals surface area contributed by atoms with E-state index >= 15 is 0 Å². The lowest BCUT2D eigenvalue weighted by molar-refractivity contribution is -0.201. The molecule has 0 heterocycles. The maximum atomic E-state index is 13.7. The monoisotopic (exact) mass is 531 g/mol. The van der Waals surface area contributed by atoms with Crippen molar-refractivity contribution in [2.24, 2.45) is 10.8 Å². The second-order valence-electron chi connectivity index (χ2n) is 10.2. The highest BCUT2D eigenvalue weighted by Gasteiger charge is 2.74. The van der Waals surface area contributed by atoms with Gasteiger partial charge in [0.2, 0.25) is 11.8 Å². The molecule has 2 bridgehead atoms. The van der Waals surface area contributed by atoms with Crippen LogP contribution in [-0.4, -0.2) is 23.5 Å². The summed E-state index contributed by atoms with van der Waals surface area (Å²) in [4.78, 5) is 37.3. The lowest BCUT2D eigenvalue weighted by Crippen LogP contribution is -2.70. The van der Waals surface area contributed by atoms with Gasteiger partial charge in [0.05, 0.1) is 15.3 Å². The zero-order valence-electron chi connectivity index (χ0n) is 19.3. The van der Waals surface area contributed by atoms with E-state index in [1.807, 2.05) is 12.1 Å². The van der Waals surface area contributed by atoms with Crippen LogP contribution in [0.2, 0.25) is 0 Å². The molecule has 7 nitrogen and oxygen atoms in total. The van der Waals surface area contributed by atoms with Crippen LogP contribution in [0, 0.1) is 16.6 Å². The van der Waals surface area contributed by atoms with Gasteiger partial charge in [0.25, 0.3) is 0 Å². The zero-order valence-corrected chi connectivity index (χ0v) is 20.8. The molecule has 3 amide bonds. The molecule has 180 valence electrons. The third-order valence-corrected chi connectivity index (χ3v) is 6.86. The number of hydrogen-bond acceptors (Lipinski definition) is 4. The Morgan fingerprint density at radius 1 is 0.941 bits per heavy atom. The normalized spacial score (nSPS) is 22.6. The molecule has 0 saturated heterocycles. The van der Waals surface area contributed by atoms with Crippen molar-refractivity contribution >= 4 is 45.2 Å². The predicted molar refractivity (Wildman–Crippen MR) is 130 cm³/mol. The van der Waals surface area contributed by atoms with Gasteiger partial charge in [-0.1, -0.05) is 12.1 Å². The minimum absolute atomic E-state index is 0.100. The van der Waals surface area contributed by atoms with Gasteiger partial charge < -0.3 is 20.7 Å². The molecule has 2 aromatic rings. The maximum absolute atomic E-state index is 13.7. The smallest absolute Gasteiger partial charge is 0.407 e. The van der Waals surface area contributed by atoms with E-state index in [-0.39, 0.29) is 11.8 Å². The van der Waals surface area contributed by atoms with Crippen molar-refractivity contribution < 1.29 is 23.5 Å². The molecule has 3 N–H and O–H groups in total. The molecule has 2 aromatic carbocycles. The van der Waals surface area contributed by atoms with Crippen molar-refractivity contribution in [3.8, 4) is 0 Å². The van der Waals surface area contributed by atoms with Crippen LogP contribution in [0.3, 0.4) is 0 Å². The summed E-state index contributed by atoms with van der Waals surface area (Å²) in [5.41, 5.74) is 0.275. The number of anilines is 2. The Balaban J connectivity index is 1.25. The van der Waals surface area contributed by atoms with Gasteiger partial charge in [-0.25, -0.2) is 9.18 Å². The molecule has 3 aliphatic carbocycles. The maximum Gasteiger partial charge on any atom is 0.407 e. The van der Waals surface area contributed by atoms with Gasteiger partial charge in [-0.05, 0) is 91.9 Å². The molecular weight excluding hydrogens is 505 g/mol. The van der Waals surface area contributed by atoms with E-state index in [1.165, 1.54) is 6.07 Å². The highest BCUT2D eigenvalue weighted by molar-refractivity contribution is 9.10. The van der Waals surface area contributed by atoms with Gasteiger partial charge in [0, 0.05) is 17.9 Å². The van der Waals surface area contributed by atoms with E-state index in [0.717, 1.165) is 5.56 Å². The van der Waals surface area contributed by atoms with Crippen LogP contribution < -0.4 is 16.0 Å². The Morgan fingerprint density at radius 2 is 1.47 bits per heavy atom. The molecule has 0 spiro atoms. The van der Waals surface area contributed by atoms with Gasteiger partial charge in [0.1, 0.15) is 11.4 Å². The standard InChI is InChI=1S/C25H27BrFN3O4/c1-23(2,3)34-22(33)28-11-15-4-6-16(7-5-15)29-20(31)24-12-25(13-24,14-24)21(32)30-17-8-9-18(26)19(27)10-17/h4-10H,11-14H2,1-3H3,(H,28,33)(H,29,31)(H,30,32). The van der Waals surface area contributed by atoms with Gasteiger partial charge in [0.15, 0.2) is 0 Å². The highest BCUT2D eigenvalue weighted by Crippen LogP contribution is 2.73. The summed E-state index contributed by atoms with van der Waals surface area (Å²) in [5.74, 6) is -0.722. The van der Waals surface area contributed by atoms with Gasteiger partial charge >= 0.3 is 6.09 Å². The van der Waals surface area contributed by atoms with E-state index in [0.29, 0.717) is 41.7 Å². The molecular formula is C25H27BrFN3O4. The molecule has 0 unspecified atom stereocenters. The summed E-state index contributed by atoms with van der Waals surface area (Å²) in [6, 6.07) is 11.6. The van der Waals surface area contributed by atoms with Crippen LogP contribution in [0.15, 0.2) is 46.9 Å². The number of nitrogens with one attached hydrogen (secondary N) is 3. The predicted octanol–water partition coefficient (Wildman–Crippen LogP) is 5.36. The third kappa shape index (κ3) is 4.94. The van der Waals surface area contributed by atoms with Gasteiger partial charge in [-0.2, -0.15) is 0 Å². The fourth-order valence-electron chi connectivity index (χ4n) is 4.57. The largest absolute Gasteiger partial charge is 0.444 e. The lowest BCUT2D eigenvalue weighted by Gasteiger charge is -2.67. The third-order valence-electron chi connectivity index (χ3n) is 6.22. The van der Waals surface area contributed by atoms with E-state index in [4.69, 9.17) is 4.74 Å². The van der Waals surface area contributed by atoms with Gasteiger partial charge in [-0.3, -0.25) is 9.59 Å². The molecule has 34 heavy (non-hydrogen) atoms. The van der Waals surface area contributed by atoms with E-state index in [9.17, 15) is 18.8 Å². The average molecular weight is 532 g/mol. The van der Waals surface area contributed by atoms with Crippen LogP contribution in [0.5, 0.6) is 0 Å². The summed E-state index contributed by atoms with van der Waals surface area (Å²) in [6.07, 6.45) is 0.953. The molecule has 5 rings (SSSR count). The van der Waals surface area contributed by atoms with E-state index < -0.39 is 28.3 Å². The first kappa shape index (κ1) is 24.2. The minimum atomic E-state index is -0.560. The Kier molecular flexibility index (Phi) is 6.18. The van der Waals surface area contributed by atoms with Crippen molar-refractivity contribution in [1.82, 2.24) is 5.32 Å². The van der Waals surface area contributed by atoms with Crippen molar-refractivity contribution in [2.75, 3.05) is 10.6 Å². The molecule has 0 atom stereocenters. The topological polar surface area (TPSA) is 96.5 Å². The summed E-state index contributed by atoms with van der Waals surface area (Å²) in [7, 11) is 0. The summed E-state index contributed by atoms with van der Waals surface area (Å²) in [5, 5.41) is 8.38. The molecule has 9 heteroatoms. The van der Waals surface area contributed by atoms with Crippen LogP contribution in [0.1, 0.15) is 45.6 Å². The second kappa shape index (κ2) is 8.69. The Morgan fingerprint density at radius 3 is 2.00 bits per heavy atom. The lowest BCUT2D eigenvalue weighted by atomic mass is 9.34. The van der Waals surface area contributed by atoms with Gasteiger partial charge in [-0.15, -0.1) is 0 Å². The number of ether oxygens (including phenoxy) is 1. The van der Waals surface area contributed by atoms with Crippen molar-refractivity contribution in [1.29, 1.82) is 0 Å². The fraction of sp³-hybridized carbons (Fsp3) is 0.400. The number of carbonyl (C=O) groups excluding carboxylic acids is 3. The molecule has 3 saturated carbocycles. The molecule has 0 aromatic heterocycles. The van der Waals surface area contributed by atoms with Crippen LogP contribution in [0.25, 0.3) is 0 Å². The zero-order chi connectivity index (χ0) is 24.7. The Bertz CT molecular complexity index is 1120. The first-order valence-electron chi connectivity index (χ1n) is 11.0. The van der Waals surface area contributed by atoms with Crippen molar-refractivity contribution in [3.63, 3.8) is 0 Å². The molecule has 0 aliphatic heterocycles. The molecule has 3 fully saturated rings. The number of halogens is 2. The van der Waals surface area contributed by atoms with E-state index in [1.54, 1.807) is 45.0 Å². The van der Waals surface area contributed by atoms with Crippen LogP contribution >= 0.6 is 15.9 Å². The summed E-state index contributed by atoms with van der Waals surface area (Å²) >= 11 is 3.09. The van der Waals surface area contributed by atoms with Crippen LogP contribution in [-0.2, 0) is 20.9 Å². The SMILES string of the molecule is CC(C)(C)OC(=O)NCc1ccc(NC(=O)C23CC(C(=O)Nc4ccc(Br)c(F)c4)(C2)C3)cc1. The number of alkyl carbamates (subject to hydrolysis) is 1. The quantitative estimate of drug-likeness (QED) is 0.467. The first-order valence-corrected chi connectivity index (χ1v) is 11.8. The minimum Gasteiger partial charge on any atom is -0.444 e. The Labute approximate surface area is 206 Å². The van der Waals surface area contributed by atoms with E-state index in [2.05, 4.69) is 31.9 Å². The Hall–Kier alpha value is -2.94. The average Bonchev–Trinajstić information content (AvgIpc) is 2.67. The van der Waals surface area contributed by atoms with Crippen molar-refractivity contribution in [3.05, 3.63) is 58.3 Å². The second-order valence-corrected chi connectivity index (χ2v) is 11.0. The number of benzene rings is 2. The fourth-order valence-corrected chi connectivity index (χ4v) is 4.81. The summed E-state index contributed by atoms with van der Waals surface area (Å²) in [6.45, 7) is 5.71. The summed E-state index contributed by atoms with van der Waals surface area (Å²) < 4.78 is 19.2. The number of hydrogen-bond donors (Lipinski definition) is 3. The first-order chi connectivity index (χ1) is 15.9. The van der Waals surface area contributed by atoms with Crippen LogP contribution in [0.4, 0.5) is 20.6 Å². The number of amides is 3. The number of rotatable bonds is 6. The highest BCUT2D eigenvalue weighted by atomic mass is 79.9. The molecule has 0 radical (unpaired) electrons. The number of carbonyl (C=O) groups is 3. The molecule has 3 aliphatic rings. The van der Waals surface area contributed by atoms with Crippen molar-refractivity contribution in [2.45, 2.75) is 52.2 Å².